The monoisotopic (exact) mass is 283 g/mol. The lowest BCUT2D eigenvalue weighted by atomic mass is 9.99. The van der Waals surface area contributed by atoms with E-state index in [2.05, 4.69) is 4.99 Å². The fraction of sp³-hybridized carbons (Fsp3) is 0.176. The maximum absolute atomic E-state index is 13.6. The SMILES string of the molecule is CCOC(=O)c1cccc(-c2ccc3c(c2)C(F)=NC3)c1. The number of rotatable bonds is 3. The number of fused-ring (bicyclic) bond motifs is 1. The van der Waals surface area contributed by atoms with Crippen LogP contribution >= 0.6 is 0 Å². The van der Waals surface area contributed by atoms with E-state index in [0.29, 0.717) is 24.3 Å². The summed E-state index contributed by atoms with van der Waals surface area (Å²) in [5, 5.41) is 0. The molecule has 0 aromatic heterocycles. The van der Waals surface area contributed by atoms with E-state index >= 15 is 0 Å². The van der Waals surface area contributed by atoms with Gasteiger partial charge in [-0.3, -0.25) is 4.99 Å². The van der Waals surface area contributed by atoms with E-state index in [4.69, 9.17) is 4.74 Å². The first-order chi connectivity index (χ1) is 10.2. The second kappa shape index (κ2) is 5.48. The van der Waals surface area contributed by atoms with Gasteiger partial charge in [0.05, 0.1) is 18.7 Å². The minimum atomic E-state index is -0.423. The first-order valence-corrected chi connectivity index (χ1v) is 6.80. The van der Waals surface area contributed by atoms with Crippen LogP contribution in [0.4, 0.5) is 4.39 Å². The predicted molar refractivity (Wildman–Crippen MR) is 79.2 cm³/mol. The summed E-state index contributed by atoms with van der Waals surface area (Å²) in [6.07, 6.45) is 0. The summed E-state index contributed by atoms with van der Waals surface area (Å²) >= 11 is 0. The fourth-order valence-corrected chi connectivity index (χ4v) is 2.37. The third kappa shape index (κ3) is 2.57. The molecule has 21 heavy (non-hydrogen) atoms. The second-order valence-corrected chi connectivity index (χ2v) is 4.78. The quantitative estimate of drug-likeness (QED) is 0.804. The number of esters is 1. The number of aliphatic imine (C=N–C) groups is 1. The standard InChI is InChI=1S/C17H14FNO2/c1-2-21-17(20)13-5-3-4-11(8-13)12-6-7-14-10-19-16(18)15(14)9-12/h3-9H,2,10H2,1H3. The second-order valence-electron chi connectivity index (χ2n) is 4.78. The van der Waals surface area contributed by atoms with Gasteiger partial charge < -0.3 is 4.74 Å². The molecule has 1 heterocycles. The Balaban J connectivity index is 1.98. The number of halogens is 1. The van der Waals surface area contributed by atoms with Crippen molar-refractivity contribution in [2.24, 2.45) is 4.99 Å². The first-order valence-electron chi connectivity index (χ1n) is 6.80. The molecule has 0 radical (unpaired) electrons. The van der Waals surface area contributed by atoms with Gasteiger partial charge in [0.2, 0.25) is 5.97 Å². The third-order valence-corrected chi connectivity index (χ3v) is 3.43. The van der Waals surface area contributed by atoms with Crippen molar-refractivity contribution >= 4 is 11.9 Å². The van der Waals surface area contributed by atoms with Crippen molar-refractivity contribution in [3.63, 3.8) is 0 Å². The highest BCUT2D eigenvalue weighted by atomic mass is 19.1. The normalized spacial score (nSPS) is 12.8. The topological polar surface area (TPSA) is 38.7 Å². The van der Waals surface area contributed by atoms with Gasteiger partial charge in [0.15, 0.2) is 0 Å². The minimum Gasteiger partial charge on any atom is -0.462 e. The van der Waals surface area contributed by atoms with Gasteiger partial charge in [-0.25, -0.2) is 4.79 Å². The lowest BCUT2D eigenvalue weighted by Crippen LogP contribution is -2.04. The Labute approximate surface area is 122 Å². The number of hydrogen-bond donors (Lipinski definition) is 0. The van der Waals surface area contributed by atoms with E-state index in [1.165, 1.54) is 0 Å². The van der Waals surface area contributed by atoms with Gasteiger partial charge in [-0.05, 0) is 41.8 Å². The van der Waals surface area contributed by atoms with Crippen LogP contribution in [-0.4, -0.2) is 18.5 Å². The molecule has 0 atom stereocenters. The molecule has 0 unspecified atom stereocenters. The molecule has 3 nitrogen and oxygen atoms in total. The number of hydrogen-bond acceptors (Lipinski definition) is 3. The number of carbonyl (C=O) groups is 1. The molecular formula is C17H14FNO2. The van der Waals surface area contributed by atoms with Crippen LogP contribution in [0.15, 0.2) is 47.5 Å². The zero-order chi connectivity index (χ0) is 14.8. The lowest BCUT2D eigenvalue weighted by Gasteiger charge is -2.07. The number of carbonyl (C=O) groups excluding carboxylic acids is 1. The molecule has 0 spiro atoms. The molecule has 106 valence electrons. The lowest BCUT2D eigenvalue weighted by molar-refractivity contribution is 0.0526. The number of ether oxygens (including phenoxy) is 1. The summed E-state index contributed by atoms with van der Waals surface area (Å²) in [4.78, 5) is 15.6. The molecule has 0 N–H and O–H groups in total. The Bertz CT molecular complexity index is 737. The predicted octanol–water partition coefficient (Wildman–Crippen LogP) is 3.76. The number of benzene rings is 2. The highest BCUT2D eigenvalue weighted by Gasteiger charge is 2.16. The van der Waals surface area contributed by atoms with Crippen molar-refractivity contribution in [3.8, 4) is 11.1 Å². The van der Waals surface area contributed by atoms with E-state index in [0.717, 1.165) is 16.7 Å². The van der Waals surface area contributed by atoms with Gasteiger partial charge in [0.25, 0.3) is 0 Å². The molecule has 2 aromatic rings. The summed E-state index contributed by atoms with van der Waals surface area (Å²) in [7, 11) is 0. The van der Waals surface area contributed by atoms with Crippen LogP contribution in [0, 0.1) is 0 Å². The van der Waals surface area contributed by atoms with Gasteiger partial charge in [0.1, 0.15) is 0 Å². The van der Waals surface area contributed by atoms with Gasteiger partial charge in [-0.15, -0.1) is 0 Å². The molecule has 0 fully saturated rings. The molecular weight excluding hydrogens is 269 g/mol. The van der Waals surface area contributed by atoms with Crippen LogP contribution < -0.4 is 0 Å². The number of nitrogens with zero attached hydrogens (tertiary/aromatic N) is 1. The molecule has 3 rings (SSSR count). The Morgan fingerprint density at radius 1 is 1.24 bits per heavy atom. The smallest absolute Gasteiger partial charge is 0.338 e. The van der Waals surface area contributed by atoms with Crippen LogP contribution in [0.2, 0.25) is 0 Å². The summed E-state index contributed by atoms with van der Waals surface area (Å²) in [5.41, 5.74) is 3.62. The molecule has 1 aliphatic rings. The molecule has 0 bridgehead atoms. The summed E-state index contributed by atoms with van der Waals surface area (Å²) in [6.45, 7) is 2.50. The third-order valence-electron chi connectivity index (χ3n) is 3.43. The Morgan fingerprint density at radius 2 is 2.05 bits per heavy atom. The van der Waals surface area contributed by atoms with Crippen molar-refractivity contribution in [3.05, 3.63) is 59.2 Å². The average molecular weight is 283 g/mol. The highest BCUT2D eigenvalue weighted by molar-refractivity contribution is 5.98. The maximum Gasteiger partial charge on any atom is 0.338 e. The van der Waals surface area contributed by atoms with E-state index in [1.54, 1.807) is 31.2 Å². The van der Waals surface area contributed by atoms with Crippen molar-refractivity contribution < 1.29 is 13.9 Å². The van der Waals surface area contributed by atoms with Gasteiger partial charge >= 0.3 is 5.97 Å². The van der Waals surface area contributed by atoms with Crippen molar-refractivity contribution in [2.45, 2.75) is 13.5 Å². The molecule has 0 saturated carbocycles. The Hall–Kier alpha value is -2.49. The van der Waals surface area contributed by atoms with Gasteiger partial charge in [0, 0.05) is 5.56 Å². The van der Waals surface area contributed by atoms with Crippen molar-refractivity contribution in [1.29, 1.82) is 0 Å². The largest absolute Gasteiger partial charge is 0.462 e. The van der Waals surface area contributed by atoms with E-state index in [1.807, 2.05) is 18.2 Å². The molecule has 0 amide bonds. The van der Waals surface area contributed by atoms with Crippen LogP contribution in [0.1, 0.15) is 28.4 Å². The average Bonchev–Trinajstić information content (AvgIpc) is 2.89. The summed E-state index contributed by atoms with van der Waals surface area (Å²) < 4.78 is 18.6. The van der Waals surface area contributed by atoms with E-state index < -0.39 is 5.97 Å². The van der Waals surface area contributed by atoms with Crippen LogP contribution in [0.5, 0.6) is 0 Å². The molecule has 1 aliphatic heterocycles. The molecule has 0 saturated heterocycles. The zero-order valence-corrected chi connectivity index (χ0v) is 11.6. The molecule has 2 aromatic carbocycles. The maximum atomic E-state index is 13.6. The van der Waals surface area contributed by atoms with Crippen LogP contribution in [0.3, 0.4) is 0 Å². The van der Waals surface area contributed by atoms with Gasteiger partial charge in [-0.1, -0.05) is 24.3 Å². The van der Waals surface area contributed by atoms with Crippen molar-refractivity contribution in [1.82, 2.24) is 0 Å². The van der Waals surface area contributed by atoms with E-state index in [-0.39, 0.29) is 5.97 Å². The zero-order valence-electron chi connectivity index (χ0n) is 11.6. The minimum absolute atomic E-state index is 0.337. The van der Waals surface area contributed by atoms with Crippen LogP contribution in [0.25, 0.3) is 11.1 Å². The summed E-state index contributed by atoms with van der Waals surface area (Å²) in [6, 6.07) is 12.7. The van der Waals surface area contributed by atoms with Crippen LogP contribution in [-0.2, 0) is 11.3 Å². The fourth-order valence-electron chi connectivity index (χ4n) is 2.37. The Morgan fingerprint density at radius 3 is 2.86 bits per heavy atom. The molecule has 0 aliphatic carbocycles. The first kappa shape index (κ1) is 13.5. The van der Waals surface area contributed by atoms with E-state index in [9.17, 15) is 9.18 Å². The summed E-state index contributed by atoms with van der Waals surface area (Å²) in [5.74, 6) is -0.776. The highest BCUT2D eigenvalue weighted by Crippen LogP contribution is 2.27. The Kier molecular flexibility index (Phi) is 3.52. The van der Waals surface area contributed by atoms with Crippen molar-refractivity contribution in [2.75, 3.05) is 6.61 Å². The van der Waals surface area contributed by atoms with Gasteiger partial charge in [-0.2, -0.15) is 4.39 Å². The molecule has 4 heteroatoms.